The van der Waals surface area contributed by atoms with Gasteiger partial charge in [-0.05, 0) is 18.2 Å². The highest BCUT2D eigenvalue weighted by atomic mass is 19.1. The Morgan fingerprint density at radius 3 is 2.21 bits per heavy atom. The molecule has 0 saturated heterocycles. The van der Waals surface area contributed by atoms with Crippen LogP contribution in [0.1, 0.15) is 11.3 Å². The smallest absolute Gasteiger partial charge is 0.135 e. The molecule has 1 aromatic heterocycles. The number of rotatable bonds is 4. The predicted octanol–water partition coefficient (Wildman–Crippen LogP) is 3.61. The van der Waals surface area contributed by atoms with Crippen molar-refractivity contribution < 1.29 is 17.6 Å². The Kier molecular flexibility index (Phi) is 4.35. The molecule has 0 radical (unpaired) electrons. The Hall–Kier alpha value is -2.67. The van der Waals surface area contributed by atoms with Crippen molar-refractivity contribution in [3.8, 4) is 11.3 Å². The summed E-state index contributed by atoms with van der Waals surface area (Å²) in [6, 6.07) is 6.41. The van der Waals surface area contributed by atoms with Gasteiger partial charge in [-0.3, -0.25) is 0 Å². The number of hydrogen-bond donors (Lipinski definition) is 1. The van der Waals surface area contributed by atoms with Gasteiger partial charge in [-0.25, -0.2) is 22.5 Å². The summed E-state index contributed by atoms with van der Waals surface area (Å²) in [7, 11) is 0. The second kappa shape index (κ2) is 6.45. The zero-order chi connectivity index (χ0) is 17.3. The van der Waals surface area contributed by atoms with Crippen LogP contribution >= 0.6 is 0 Å². The van der Waals surface area contributed by atoms with Crippen molar-refractivity contribution in [2.75, 3.05) is 0 Å². The average molecular weight is 335 g/mol. The molecule has 24 heavy (non-hydrogen) atoms. The Balaban J connectivity index is 2.00. The zero-order valence-electron chi connectivity index (χ0n) is 12.4. The number of hydrogen-bond acceptors (Lipinski definition) is 2. The van der Waals surface area contributed by atoms with E-state index >= 15 is 0 Å². The first-order chi connectivity index (χ1) is 11.5. The number of aromatic nitrogens is 2. The zero-order valence-corrected chi connectivity index (χ0v) is 12.4. The molecule has 2 aromatic carbocycles. The van der Waals surface area contributed by atoms with Gasteiger partial charge < -0.3 is 10.3 Å². The summed E-state index contributed by atoms with van der Waals surface area (Å²) in [5.41, 5.74) is 6.79. The molecular weight excluding hydrogens is 322 g/mol. The van der Waals surface area contributed by atoms with Gasteiger partial charge in [0.05, 0.1) is 24.3 Å². The monoisotopic (exact) mass is 335 g/mol. The third-order valence-electron chi connectivity index (χ3n) is 3.68. The van der Waals surface area contributed by atoms with E-state index < -0.39 is 23.3 Å². The first-order valence-electron chi connectivity index (χ1n) is 7.13. The molecule has 0 amide bonds. The van der Waals surface area contributed by atoms with Crippen LogP contribution in [-0.2, 0) is 13.1 Å². The third-order valence-corrected chi connectivity index (χ3v) is 3.68. The van der Waals surface area contributed by atoms with Gasteiger partial charge in [0, 0.05) is 29.8 Å². The molecule has 0 saturated carbocycles. The summed E-state index contributed by atoms with van der Waals surface area (Å²) in [5, 5.41) is 0. The van der Waals surface area contributed by atoms with Crippen molar-refractivity contribution in [2.24, 2.45) is 5.73 Å². The second-order valence-electron chi connectivity index (χ2n) is 5.23. The van der Waals surface area contributed by atoms with Crippen LogP contribution in [0.3, 0.4) is 0 Å². The van der Waals surface area contributed by atoms with E-state index in [1.165, 1.54) is 18.5 Å². The molecule has 0 aliphatic rings. The van der Waals surface area contributed by atoms with Crippen LogP contribution in [-0.4, -0.2) is 9.55 Å². The minimum atomic E-state index is -0.761. The third kappa shape index (κ3) is 3.03. The van der Waals surface area contributed by atoms with E-state index in [-0.39, 0.29) is 29.9 Å². The summed E-state index contributed by atoms with van der Waals surface area (Å²) in [5.74, 6) is -2.82. The lowest BCUT2D eigenvalue weighted by molar-refractivity contribution is 0.564. The Morgan fingerprint density at radius 2 is 1.58 bits per heavy atom. The first-order valence-corrected chi connectivity index (χ1v) is 7.13. The molecule has 0 atom stereocenters. The van der Waals surface area contributed by atoms with Gasteiger partial charge in [0.2, 0.25) is 0 Å². The molecule has 2 N–H and O–H groups in total. The number of imidazole rings is 1. The Morgan fingerprint density at radius 1 is 0.917 bits per heavy atom. The van der Waals surface area contributed by atoms with Crippen LogP contribution in [0.4, 0.5) is 17.6 Å². The van der Waals surface area contributed by atoms with E-state index in [9.17, 15) is 17.6 Å². The summed E-state index contributed by atoms with van der Waals surface area (Å²) < 4.78 is 55.4. The standard InChI is InChI=1S/C17H13F4N3/c18-11-2-1-10(14(20)5-11)8-24-9-23-17(16(24)7-22)13-4-3-12(19)6-15(13)21/h1-6,9H,7-8,22H2. The topological polar surface area (TPSA) is 43.8 Å². The molecule has 3 nitrogen and oxygen atoms in total. The van der Waals surface area contributed by atoms with Gasteiger partial charge in [0.25, 0.3) is 0 Å². The van der Waals surface area contributed by atoms with E-state index in [0.717, 1.165) is 24.3 Å². The minimum absolute atomic E-state index is 0.0228. The molecule has 0 fully saturated rings. The lowest BCUT2D eigenvalue weighted by Gasteiger charge is -2.10. The molecule has 0 aliphatic heterocycles. The Bertz CT molecular complexity index is 890. The summed E-state index contributed by atoms with van der Waals surface area (Å²) in [6.07, 6.45) is 1.39. The van der Waals surface area contributed by atoms with Gasteiger partial charge in [0.1, 0.15) is 23.3 Å². The first kappa shape index (κ1) is 16.2. The van der Waals surface area contributed by atoms with E-state index in [4.69, 9.17) is 5.73 Å². The van der Waals surface area contributed by atoms with Crippen LogP contribution in [0.25, 0.3) is 11.3 Å². The van der Waals surface area contributed by atoms with E-state index in [0.29, 0.717) is 5.69 Å². The van der Waals surface area contributed by atoms with Crippen molar-refractivity contribution in [3.63, 3.8) is 0 Å². The van der Waals surface area contributed by atoms with Gasteiger partial charge >= 0.3 is 0 Å². The fourth-order valence-electron chi connectivity index (χ4n) is 2.50. The molecule has 3 aromatic rings. The molecule has 0 aliphatic carbocycles. The molecule has 3 rings (SSSR count). The van der Waals surface area contributed by atoms with E-state index in [1.54, 1.807) is 4.57 Å². The number of benzene rings is 2. The molecule has 0 unspecified atom stereocenters. The maximum Gasteiger partial charge on any atom is 0.135 e. The summed E-state index contributed by atoms with van der Waals surface area (Å²) in [6.45, 7) is 0.0867. The second-order valence-corrected chi connectivity index (χ2v) is 5.23. The van der Waals surface area contributed by atoms with Gasteiger partial charge in [-0.15, -0.1) is 0 Å². The highest BCUT2D eigenvalue weighted by Crippen LogP contribution is 2.26. The van der Waals surface area contributed by atoms with Crippen LogP contribution in [0, 0.1) is 23.3 Å². The fourth-order valence-corrected chi connectivity index (χ4v) is 2.50. The van der Waals surface area contributed by atoms with Crippen molar-refractivity contribution >= 4 is 0 Å². The van der Waals surface area contributed by atoms with E-state index in [2.05, 4.69) is 4.98 Å². The normalized spacial score (nSPS) is 11.0. The lowest BCUT2D eigenvalue weighted by atomic mass is 10.1. The summed E-state index contributed by atoms with van der Waals surface area (Å²) in [4.78, 5) is 4.12. The maximum atomic E-state index is 14.0. The quantitative estimate of drug-likeness (QED) is 0.740. The highest BCUT2D eigenvalue weighted by Gasteiger charge is 2.16. The highest BCUT2D eigenvalue weighted by molar-refractivity contribution is 5.62. The maximum absolute atomic E-state index is 14.0. The number of nitrogens with zero attached hydrogens (tertiary/aromatic N) is 2. The fraction of sp³-hybridized carbons (Fsp3) is 0.118. The Labute approximate surface area is 135 Å². The minimum Gasteiger partial charge on any atom is -0.328 e. The molecule has 124 valence electrons. The molecule has 1 heterocycles. The molecule has 0 bridgehead atoms. The molecule has 0 spiro atoms. The largest absolute Gasteiger partial charge is 0.328 e. The van der Waals surface area contributed by atoms with Crippen LogP contribution < -0.4 is 5.73 Å². The molecular formula is C17H13F4N3. The average Bonchev–Trinajstić information content (AvgIpc) is 2.92. The predicted molar refractivity (Wildman–Crippen MR) is 80.9 cm³/mol. The van der Waals surface area contributed by atoms with Gasteiger partial charge in [-0.1, -0.05) is 6.07 Å². The number of nitrogens with two attached hydrogens (primary N) is 1. The van der Waals surface area contributed by atoms with Crippen LogP contribution in [0.2, 0.25) is 0 Å². The van der Waals surface area contributed by atoms with Crippen LogP contribution in [0.5, 0.6) is 0 Å². The van der Waals surface area contributed by atoms with Crippen molar-refractivity contribution in [1.29, 1.82) is 0 Å². The number of halogens is 4. The lowest BCUT2D eigenvalue weighted by Crippen LogP contribution is -2.10. The van der Waals surface area contributed by atoms with E-state index in [1.807, 2.05) is 0 Å². The van der Waals surface area contributed by atoms with Crippen molar-refractivity contribution in [1.82, 2.24) is 9.55 Å². The SMILES string of the molecule is NCc1c(-c2ccc(F)cc2F)ncn1Cc1ccc(F)cc1F. The van der Waals surface area contributed by atoms with Gasteiger partial charge in [0.15, 0.2) is 0 Å². The van der Waals surface area contributed by atoms with Crippen LogP contribution in [0.15, 0.2) is 42.7 Å². The van der Waals surface area contributed by atoms with Crippen molar-refractivity contribution in [2.45, 2.75) is 13.1 Å². The van der Waals surface area contributed by atoms with Gasteiger partial charge in [-0.2, -0.15) is 0 Å². The summed E-state index contributed by atoms with van der Waals surface area (Å²) >= 11 is 0. The molecule has 7 heteroatoms. The van der Waals surface area contributed by atoms with Crippen molar-refractivity contribution in [3.05, 3.63) is 77.3 Å².